The van der Waals surface area contributed by atoms with Gasteiger partial charge in [-0.1, -0.05) is 20.8 Å². The quantitative estimate of drug-likeness (QED) is 0.771. The summed E-state index contributed by atoms with van der Waals surface area (Å²) < 4.78 is 5.07. The topological polar surface area (TPSA) is 50.4 Å². The van der Waals surface area contributed by atoms with Crippen LogP contribution >= 0.6 is 0 Å². The van der Waals surface area contributed by atoms with Gasteiger partial charge in [-0.05, 0) is 30.7 Å². The van der Waals surface area contributed by atoms with E-state index in [1.165, 1.54) is 6.42 Å². The number of hydrogen-bond donors (Lipinski definition) is 2. The first-order chi connectivity index (χ1) is 7.52. The Morgan fingerprint density at radius 2 is 2.31 bits per heavy atom. The summed E-state index contributed by atoms with van der Waals surface area (Å²) in [5, 5.41) is 6.20. The van der Waals surface area contributed by atoms with Crippen molar-refractivity contribution in [3.8, 4) is 0 Å². The molecule has 4 heteroatoms. The van der Waals surface area contributed by atoms with Gasteiger partial charge in [-0.25, -0.2) is 4.79 Å². The summed E-state index contributed by atoms with van der Waals surface area (Å²) in [6, 6.07) is 0. The summed E-state index contributed by atoms with van der Waals surface area (Å²) >= 11 is 0. The molecule has 0 bridgehead atoms. The van der Waals surface area contributed by atoms with E-state index in [1.807, 2.05) is 13.8 Å². The van der Waals surface area contributed by atoms with Crippen LogP contribution in [0.3, 0.4) is 0 Å². The van der Waals surface area contributed by atoms with Crippen LogP contribution in [0.5, 0.6) is 0 Å². The average molecular weight is 228 g/mol. The summed E-state index contributed by atoms with van der Waals surface area (Å²) in [5.74, 6) is 0.387. The smallest absolute Gasteiger partial charge is 0.407 e. The average Bonchev–Trinajstić information content (AvgIpc) is 2.25. The van der Waals surface area contributed by atoms with Crippen LogP contribution in [0.15, 0.2) is 0 Å². The van der Waals surface area contributed by atoms with Crippen LogP contribution in [0, 0.1) is 11.3 Å². The number of ether oxygens (including phenoxy) is 1. The van der Waals surface area contributed by atoms with Crippen LogP contribution in [-0.4, -0.2) is 32.3 Å². The van der Waals surface area contributed by atoms with Crippen molar-refractivity contribution in [2.24, 2.45) is 11.3 Å². The highest BCUT2D eigenvalue weighted by molar-refractivity contribution is 5.67. The molecular formula is C12H24N2O2. The number of piperidine rings is 1. The van der Waals surface area contributed by atoms with Crippen molar-refractivity contribution in [3.05, 3.63) is 0 Å². The molecule has 1 heterocycles. The minimum atomic E-state index is -0.291. The summed E-state index contributed by atoms with van der Waals surface area (Å²) in [6.45, 7) is 9.49. The second-order valence-corrected chi connectivity index (χ2v) is 5.44. The number of rotatable bonds is 4. The highest BCUT2D eigenvalue weighted by atomic mass is 16.5. The van der Waals surface area contributed by atoms with Crippen LogP contribution in [-0.2, 0) is 4.74 Å². The fourth-order valence-corrected chi connectivity index (χ4v) is 1.85. The van der Waals surface area contributed by atoms with E-state index in [4.69, 9.17) is 4.74 Å². The molecule has 1 rings (SSSR count). The predicted octanol–water partition coefficient (Wildman–Crippen LogP) is 1.76. The van der Waals surface area contributed by atoms with Crippen molar-refractivity contribution in [1.82, 2.24) is 10.6 Å². The molecule has 16 heavy (non-hydrogen) atoms. The zero-order valence-corrected chi connectivity index (χ0v) is 10.6. The summed E-state index contributed by atoms with van der Waals surface area (Å²) in [5.41, 5.74) is 0.176. The molecular weight excluding hydrogens is 204 g/mol. The number of carbonyl (C=O) groups is 1. The van der Waals surface area contributed by atoms with E-state index in [9.17, 15) is 4.79 Å². The molecule has 94 valence electrons. The van der Waals surface area contributed by atoms with Crippen LogP contribution in [0.25, 0.3) is 0 Å². The van der Waals surface area contributed by atoms with Gasteiger partial charge in [0.05, 0.1) is 6.61 Å². The Kier molecular flexibility index (Phi) is 5.06. The lowest BCUT2D eigenvalue weighted by atomic mass is 9.83. The van der Waals surface area contributed by atoms with E-state index >= 15 is 0 Å². The molecule has 2 N–H and O–H groups in total. The van der Waals surface area contributed by atoms with Crippen LogP contribution in [0.4, 0.5) is 4.79 Å². The highest BCUT2D eigenvalue weighted by Gasteiger charge is 2.27. The maximum Gasteiger partial charge on any atom is 0.407 e. The Bertz CT molecular complexity index is 223. The molecule has 1 aliphatic rings. The molecule has 1 amide bonds. The van der Waals surface area contributed by atoms with Gasteiger partial charge in [-0.15, -0.1) is 0 Å². The fourth-order valence-electron chi connectivity index (χ4n) is 1.85. The largest absolute Gasteiger partial charge is 0.449 e. The number of hydrogen-bond acceptors (Lipinski definition) is 3. The van der Waals surface area contributed by atoms with Crippen molar-refractivity contribution >= 4 is 6.09 Å². The number of nitrogens with one attached hydrogen (secondary N) is 2. The second-order valence-electron chi connectivity index (χ2n) is 5.44. The second kappa shape index (κ2) is 6.09. The maximum absolute atomic E-state index is 11.4. The van der Waals surface area contributed by atoms with Crippen molar-refractivity contribution < 1.29 is 9.53 Å². The van der Waals surface area contributed by atoms with E-state index in [-0.39, 0.29) is 11.5 Å². The predicted molar refractivity (Wildman–Crippen MR) is 64.4 cm³/mol. The minimum Gasteiger partial charge on any atom is -0.449 e. The molecule has 1 fully saturated rings. The SMILES string of the molecule is CC(C)COC(=O)NCC1(C)CCCNC1. The molecule has 0 spiro atoms. The molecule has 0 aliphatic carbocycles. The first-order valence-electron chi connectivity index (χ1n) is 6.13. The zero-order chi connectivity index (χ0) is 12.0. The van der Waals surface area contributed by atoms with Gasteiger partial charge in [0.1, 0.15) is 0 Å². The molecule has 0 aromatic rings. The molecule has 0 saturated carbocycles. The van der Waals surface area contributed by atoms with Gasteiger partial charge in [0, 0.05) is 13.1 Å². The first-order valence-corrected chi connectivity index (χ1v) is 6.13. The fraction of sp³-hybridized carbons (Fsp3) is 0.917. The monoisotopic (exact) mass is 228 g/mol. The Morgan fingerprint density at radius 1 is 1.56 bits per heavy atom. The summed E-state index contributed by atoms with van der Waals surface area (Å²) in [4.78, 5) is 11.4. The van der Waals surface area contributed by atoms with Crippen molar-refractivity contribution in [3.63, 3.8) is 0 Å². The Hall–Kier alpha value is -0.770. The van der Waals surface area contributed by atoms with Crippen LogP contribution < -0.4 is 10.6 Å². The molecule has 1 saturated heterocycles. The first kappa shape index (κ1) is 13.3. The zero-order valence-electron chi connectivity index (χ0n) is 10.6. The lowest BCUT2D eigenvalue weighted by Gasteiger charge is -2.34. The van der Waals surface area contributed by atoms with Gasteiger partial charge in [-0.2, -0.15) is 0 Å². The lowest BCUT2D eigenvalue weighted by molar-refractivity contribution is 0.125. The van der Waals surface area contributed by atoms with Crippen molar-refractivity contribution in [2.45, 2.75) is 33.6 Å². The van der Waals surface area contributed by atoms with E-state index in [2.05, 4.69) is 17.6 Å². The van der Waals surface area contributed by atoms with E-state index in [0.29, 0.717) is 19.1 Å². The van der Waals surface area contributed by atoms with E-state index in [0.717, 1.165) is 19.5 Å². The van der Waals surface area contributed by atoms with Gasteiger partial charge >= 0.3 is 6.09 Å². The Labute approximate surface area is 98.1 Å². The molecule has 1 unspecified atom stereocenters. The number of amides is 1. The molecule has 0 aromatic heterocycles. The molecule has 0 radical (unpaired) electrons. The highest BCUT2D eigenvalue weighted by Crippen LogP contribution is 2.24. The van der Waals surface area contributed by atoms with E-state index in [1.54, 1.807) is 0 Å². The van der Waals surface area contributed by atoms with E-state index < -0.39 is 0 Å². The molecule has 1 aliphatic heterocycles. The van der Waals surface area contributed by atoms with Crippen molar-refractivity contribution in [2.75, 3.05) is 26.2 Å². The Balaban J connectivity index is 2.19. The minimum absolute atomic E-state index is 0.176. The van der Waals surface area contributed by atoms with Gasteiger partial charge in [0.25, 0.3) is 0 Å². The third-order valence-corrected chi connectivity index (χ3v) is 2.89. The van der Waals surface area contributed by atoms with Gasteiger partial charge in [-0.3, -0.25) is 0 Å². The lowest BCUT2D eigenvalue weighted by Crippen LogP contribution is -2.45. The van der Waals surface area contributed by atoms with Crippen LogP contribution in [0.2, 0.25) is 0 Å². The molecule has 4 nitrogen and oxygen atoms in total. The molecule has 1 atom stereocenters. The van der Waals surface area contributed by atoms with Gasteiger partial charge in [0.15, 0.2) is 0 Å². The van der Waals surface area contributed by atoms with Gasteiger partial charge in [0.2, 0.25) is 0 Å². The normalized spacial score (nSPS) is 25.5. The van der Waals surface area contributed by atoms with Gasteiger partial charge < -0.3 is 15.4 Å². The third kappa shape index (κ3) is 4.84. The maximum atomic E-state index is 11.4. The number of alkyl carbamates (subject to hydrolysis) is 1. The summed E-state index contributed by atoms with van der Waals surface area (Å²) in [7, 11) is 0. The van der Waals surface area contributed by atoms with Crippen molar-refractivity contribution in [1.29, 1.82) is 0 Å². The molecule has 0 aromatic carbocycles. The third-order valence-electron chi connectivity index (χ3n) is 2.89. The standard InChI is InChI=1S/C12H24N2O2/c1-10(2)7-16-11(15)14-9-12(3)5-4-6-13-8-12/h10,13H,4-9H2,1-3H3,(H,14,15). The summed E-state index contributed by atoms with van der Waals surface area (Å²) in [6.07, 6.45) is 2.05. The Morgan fingerprint density at radius 3 is 2.88 bits per heavy atom. The number of carbonyl (C=O) groups excluding carboxylic acids is 1. The van der Waals surface area contributed by atoms with Crippen LogP contribution in [0.1, 0.15) is 33.6 Å².